The summed E-state index contributed by atoms with van der Waals surface area (Å²) in [7, 11) is 0. The molecule has 2 aromatic heterocycles. The van der Waals surface area contributed by atoms with Crippen LogP contribution in [0.15, 0.2) is 42.0 Å². The molecule has 0 aliphatic heterocycles. The Bertz CT molecular complexity index is 640. The number of thiazole rings is 1. The molecule has 0 aliphatic carbocycles. The van der Waals surface area contributed by atoms with Gasteiger partial charge in [-0.2, -0.15) is 0 Å². The first kappa shape index (κ1) is 12.4. The van der Waals surface area contributed by atoms with Gasteiger partial charge in [0, 0.05) is 24.2 Å². The average molecular weight is 272 g/mol. The molecule has 0 fully saturated rings. The summed E-state index contributed by atoms with van der Waals surface area (Å²) >= 11 is 1.61. The second-order valence-corrected chi connectivity index (χ2v) is 5.75. The Morgan fingerprint density at radius 3 is 2.79 bits per heavy atom. The Balaban J connectivity index is 1.66. The third-order valence-corrected chi connectivity index (χ3v) is 3.95. The monoisotopic (exact) mass is 272 g/mol. The number of hydrogen-bond acceptors (Lipinski definition) is 3. The molecule has 2 heterocycles. The highest BCUT2D eigenvalue weighted by molar-refractivity contribution is 7.15. The van der Waals surface area contributed by atoms with Crippen LogP contribution in [-0.2, 0) is 12.8 Å². The van der Waals surface area contributed by atoms with Crippen LogP contribution in [-0.4, -0.2) is 20.6 Å². The zero-order valence-electron chi connectivity index (χ0n) is 10.8. The van der Waals surface area contributed by atoms with E-state index in [1.165, 1.54) is 11.1 Å². The van der Waals surface area contributed by atoms with Crippen LogP contribution in [0, 0.1) is 6.92 Å². The van der Waals surface area contributed by atoms with Crippen molar-refractivity contribution in [2.75, 3.05) is 0 Å². The number of rotatable bonds is 4. The second-order valence-electron chi connectivity index (χ2n) is 4.87. The van der Waals surface area contributed by atoms with Gasteiger partial charge in [-0.3, -0.25) is 4.40 Å². The normalized spacial score (nSPS) is 12.9. The number of aliphatic hydroxyl groups excluding tert-OH is 1. The first-order chi connectivity index (χ1) is 9.20. The number of fused-ring (bicyclic) bond motifs is 1. The molecule has 4 heteroatoms. The number of aryl methyl sites for hydroxylation is 1. The predicted octanol–water partition coefficient (Wildman–Crippen LogP) is 2.85. The molecule has 1 N–H and O–H groups in total. The molecule has 0 radical (unpaired) electrons. The molecule has 19 heavy (non-hydrogen) atoms. The van der Waals surface area contributed by atoms with E-state index < -0.39 is 0 Å². The van der Waals surface area contributed by atoms with Gasteiger partial charge >= 0.3 is 0 Å². The van der Waals surface area contributed by atoms with Crippen LogP contribution >= 0.6 is 11.3 Å². The molecular weight excluding hydrogens is 256 g/mol. The molecule has 0 saturated carbocycles. The molecular formula is C15H16N2OS. The van der Waals surface area contributed by atoms with Crippen molar-refractivity contribution in [3.63, 3.8) is 0 Å². The standard InChI is InChI=1S/C15H16N2OS/c1-11-2-4-12(5-3-11)8-14(18)9-13-10-17-6-7-19-15(17)16-13/h2-7,10,14,18H,8-9H2,1H3. The maximum atomic E-state index is 10.1. The number of aliphatic hydroxyl groups is 1. The van der Waals surface area contributed by atoms with Crippen molar-refractivity contribution >= 4 is 16.3 Å². The van der Waals surface area contributed by atoms with Crippen molar-refractivity contribution in [2.45, 2.75) is 25.9 Å². The summed E-state index contributed by atoms with van der Waals surface area (Å²) < 4.78 is 2.00. The van der Waals surface area contributed by atoms with Crippen LogP contribution in [0.2, 0.25) is 0 Å². The van der Waals surface area contributed by atoms with Gasteiger partial charge in [0.05, 0.1) is 11.8 Å². The molecule has 98 valence electrons. The smallest absolute Gasteiger partial charge is 0.193 e. The van der Waals surface area contributed by atoms with E-state index in [2.05, 4.69) is 36.2 Å². The largest absolute Gasteiger partial charge is 0.392 e. The third-order valence-electron chi connectivity index (χ3n) is 3.18. The number of imidazole rings is 1. The van der Waals surface area contributed by atoms with Crippen LogP contribution in [0.5, 0.6) is 0 Å². The van der Waals surface area contributed by atoms with Crippen molar-refractivity contribution in [3.05, 3.63) is 58.9 Å². The lowest BCUT2D eigenvalue weighted by Crippen LogP contribution is -2.14. The average Bonchev–Trinajstić information content (AvgIpc) is 2.92. The van der Waals surface area contributed by atoms with Gasteiger partial charge in [-0.15, -0.1) is 11.3 Å². The van der Waals surface area contributed by atoms with Crippen LogP contribution in [0.1, 0.15) is 16.8 Å². The molecule has 3 rings (SSSR count). The van der Waals surface area contributed by atoms with E-state index in [9.17, 15) is 5.11 Å². The van der Waals surface area contributed by atoms with E-state index in [0.717, 1.165) is 10.7 Å². The molecule has 0 bridgehead atoms. The third kappa shape index (κ3) is 2.85. The fourth-order valence-corrected chi connectivity index (χ4v) is 2.90. The summed E-state index contributed by atoms with van der Waals surface area (Å²) in [5, 5.41) is 12.2. The Hall–Kier alpha value is -1.65. The lowest BCUT2D eigenvalue weighted by atomic mass is 10.0. The second kappa shape index (κ2) is 5.15. The Labute approximate surface area is 116 Å². The van der Waals surface area contributed by atoms with Crippen molar-refractivity contribution in [1.82, 2.24) is 9.38 Å². The number of hydrogen-bond donors (Lipinski definition) is 1. The van der Waals surface area contributed by atoms with E-state index in [1.54, 1.807) is 11.3 Å². The van der Waals surface area contributed by atoms with Crippen molar-refractivity contribution in [1.29, 1.82) is 0 Å². The molecule has 1 aromatic carbocycles. The van der Waals surface area contributed by atoms with Gasteiger partial charge in [0.25, 0.3) is 0 Å². The summed E-state index contributed by atoms with van der Waals surface area (Å²) in [6.07, 6.45) is 4.87. The SMILES string of the molecule is Cc1ccc(CC(O)Cc2cn3ccsc3n2)cc1. The van der Waals surface area contributed by atoms with Crippen molar-refractivity contribution in [3.8, 4) is 0 Å². The lowest BCUT2D eigenvalue weighted by molar-refractivity contribution is 0.174. The predicted molar refractivity (Wildman–Crippen MR) is 77.7 cm³/mol. The van der Waals surface area contributed by atoms with Crippen molar-refractivity contribution in [2.24, 2.45) is 0 Å². The number of aromatic nitrogens is 2. The van der Waals surface area contributed by atoms with Gasteiger partial charge in [0.2, 0.25) is 0 Å². The van der Waals surface area contributed by atoms with E-state index in [4.69, 9.17) is 0 Å². The van der Waals surface area contributed by atoms with Gasteiger partial charge < -0.3 is 5.11 Å². The maximum Gasteiger partial charge on any atom is 0.193 e. The highest BCUT2D eigenvalue weighted by atomic mass is 32.1. The first-order valence-electron chi connectivity index (χ1n) is 6.35. The van der Waals surface area contributed by atoms with Gasteiger partial charge in [0.15, 0.2) is 4.96 Å². The van der Waals surface area contributed by atoms with E-state index in [0.29, 0.717) is 12.8 Å². The summed E-state index contributed by atoms with van der Waals surface area (Å²) in [6, 6.07) is 8.30. The fourth-order valence-electron chi connectivity index (χ4n) is 2.18. The molecule has 3 aromatic rings. The quantitative estimate of drug-likeness (QED) is 0.793. The topological polar surface area (TPSA) is 37.5 Å². The summed E-state index contributed by atoms with van der Waals surface area (Å²) in [5.74, 6) is 0. The van der Waals surface area contributed by atoms with Crippen LogP contribution in [0.4, 0.5) is 0 Å². The summed E-state index contributed by atoms with van der Waals surface area (Å²) in [5.41, 5.74) is 3.36. The zero-order valence-corrected chi connectivity index (χ0v) is 11.6. The molecule has 3 nitrogen and oxygen atoms in total. The minimum absolute atomic E-state index is 0.382. The summed E-state index contributed by atoms with van der Waals surface area (Å²) in [4.78, 5) is 5.47. The minimum Gasteiger partial charge on any atom is -0.392 e. The molecule has 0 amide bonds. The van der Waals surface area contributed by atoms with Gasteiger partial charge in [-0.25, -0.2) is 4.98 Å². The van der Waals surface area contributed by atoms with Crippen LogP contribution in [0.3, 0.4) is 0 Å². The maximum absolute atomic E-state index is 10.1. The summed E-state index contributed by atoms with van der Waals surface area (Å²) in [6.45, 7) is 2.07. The molecule has 0 aliphatic rings. The molecule has 0 saturated heterocycles. The molecule has 0 spiro atoms. The highest BCUT2D eigenvalue weighted by Crippen LogP contribution is 2.14. The van der Waals surface area contributed by atoms with Crippen LogP contribution < -0.4 is 0 Å². The van der Waals surface area contributed by atoms with E-state index in [-0.39, 0.29) is 6.10 Å². The molecule has 1 atom stereocenters. The van der Waals surface area contributed by atoms with E-state index >= 15 is 0 Å². The minimum atomic E-state index is -0.382. The van der Waals surface area contributed by atoms with Gasteiger partial charge in [-0.05, 0) is 18.9 Å². The molecule has 1 unspecified atom stereocenters. The van der Waals surface area contributed by atoms with Gasteiger partial charge in [0.1, 0.15) is 0 Å². The zero-order chi connectivity index (χ0) is 13.2. The van der Waals surface area contributed by atoms with E-state index in [1.807, 2.05) is 22.2 Å². The van der Waals surface area contributed by atoms with Gasteiger partial charge in [-0.1, -0.05) is 29.8 Å². The fraction of sp³-hybridized carbons (Fsp3) is 0.267. The Morgan fingerprint density at radius 2 is 2.05 bits per heavy atom. The highest BCUT2D eigenvalue weighted by Gasteiger charge is 2.10. The first-order valence-corrected chi connectivity index (χ1v) is 7.23. The van der Waals surface area contributed by atoms with Crippen molar-refractivity contribution < 1.29 is 5.11 Å². The van der Waals surface area contributed by atoms with Crippen LogP contribution in [0.25, 0.3) is 4.96 Å². The lowest BCUT2D eigenvalue weighted by Gasteiger charge is -2.09. The Kier molecular flexibility index (Phi) is 3.36. The number of benzene rings is 1. The Morgan fingerprint density at radius 1 is 1.26 bits per heavy atom. The number of nitrogens with zero attached hydrogens (tertiary/aromatic N) is 2.